The molecule has 0 saturated carbocycles. The summed E-state index contributed by atoms with van der Waals surface area (Å²) in [6.45, 7) is 13.8. The van der Waals surface area contributed by atoms with Crippen molar-refractivity contribution in [1.29, 1.82) is 0 Å². The predicted molar refractivity (Wildman–Crippen MR) is 95.0 cm³/mol. The summed E-state index contributed by atoms with van der Waals surface area (Å²) in [5.74, 6) is 1.68. The van der Waals surface area contributed by atoms with Crippen LogP contribution in [0.5, 0.6) is 0 Å². The molecule has 0 aliphatic rings. The van der Waals surface area contributed by atoms with Crippen LogP contribution in [0, 0.1) is 11.8 Å². The summed E-state index contributed by atoms with van der Waals surface area (Å²) in [6, 6.07) is 0. The fraction of sp³-hybridized carbons (Fsp3) is 0.944. The molecule has 122 valence electrons. The van der Waals surface area contributed by atoms with E-state index in [1.807, 2.05) is 13.3 Å². The van der Waals surface area contributed by atoms with Gasteiger partial charge in [-0.2, -0.15) is 0 Å². The molecule has 0 aromatic carbocycles. The minimum atomic E-state index is 0.813. The normalized spacial score (nSPS) is 11.5. The summed E-state index contributed by atoms with van der Waals surface area (Å²) in [6.07, 6.45) is 9.76. The number of hydrogen-bond acceptors (Lipinski definition) is 2. The Morgan fingerprint density at radius 1 is 0.950 bits per heavy atom. The largest absolute Gasteiger partial charge is 0.306 e. The van der Waals surface area contributed by atoms with Gasteiger partial charge in [0.05, 0.1) is 0 Å². The van der Waals surface area contributed by atoms with Crippen molar-refractivity contribution < 1.29 is 0 Å². The monoisotopic (exact) mass is 284 g/mol. The van der Waals surface area contributed by atoms with E-state index in [4.69, 9.17) is 0 Å². The lowest BCUT2D eigenvalue weighted by molar-refractivity contribution is 0.312. The topological polar surface area (TPSA) is 15.6 Å². The summed E-state index contributed by atoms with van der Waals surface area (Å²) < 4.78 is 0. The zero-order valence-electron chi connectivity index (χ0n) is 15.3. The molecule has 0 heterocycles. The van der Waals surface area contributed by atoms with E-state index in [2.05, 4.69) is 51.6 Å². The number of rotatable bonds is 10. The van der Waals surface area contributed by atoms with E-state index in [9.17, 15) is 0 Å². The van der Waals surface area contributed by atoms with Crippen molar-refractivity contribution in [2.24, 2.45) is 16.8 Å². The molecule has 0 aromatic heterocycles. The first kappa shape index (κ1) is 21.9. The van der Waals surface area contributed by atoms with Crippen molar-refractivity contribution in [2.45, 2.75) is 73.1 Å². The molecule has 0 aliphatic carbocycles. The summed E-state index contributed by atoms with van der Waals surface area (Å²) >= 11 is 0. The molecule has 2 nitrogen and oxygen atoms in total. The third-order valence-electron chi connectivity index (χ3n) is 3.27. The molecule has 0 unspecified atom stereocenters. The Bertz CT molecular complexity index is 198. The average molecular weight is 285 g/mol. The van der Waals surface area contributed by atoms with Crippen LogP contribution in [0.15, 0.2) is 4.99 Å². The van der Waals surface area contributed by atoms with E-state index >= 15 is 0 Å². The van der Waals surface area contributed by atoms with Crippen LogP contribution < -0.4 is 0 Å². The van der Waals surface area contributed by atoms with E-state index < -0.39 is 0 Å². The number of hydrogen-bond donors (Lipinski definition) is 0. The zero-order valence-corrected chi connectivity index (χ0v) is 15.3. The van der Waals surface area contributed by atoms with Crippen molar-refractivity contribution in [3.05, 3.63) is 0 Å². The first-order valence-electron chi connectivity index (χ1n) is 8.53. The van der Waals surface area contributed by atoms with Gasteiger partial charge in [-0.05, 0) is 70.3 Å². The summed E-state index contributed by atoms with van der Waals surface area (Å²) in [5.41, 5.74) is 0. The first-order valence-corrected chi connectivity index (χ1v) is 8.53. The summed E-state index contributed by atoms with van der Waals surface area (Å²) in [4.78, 5) is 6.33. The molecule has 0 aliphatic heterocycles. The molecule has 2 heteroatoms. The predicted octanol–water partition coefficient (Wildman–Crippen LogP) is 5.28. The van der Waals surface area contributed by atoms with Crippen LogP contribution in [-0.4, -0.2) is 38.3 Å². The van der Waals surface area contributed by atoms with Gasteiger partial charge in [0.2, 0.25) is 0 Å². The maximum atomic E-state index is 3.88. The zero-order chi connectivity index (χ0) is 15.8. The van der Waals surface area contributed by atoms with Gasteiger partial charge in [-0.3, -0.25) is 0 Å². The highest BCUT2D eigenvalue weighted by atomic mass is 15.1. The number of nitrogens with zero attached hydrogens (tertiary/aromatic N) is 2. The summed E-state index contributed by atoms with van der Waals surface area (Å²) in [7, 11) is 4.05. The molecule has 20 heavy (non-hydrogen) atoms. The van der Waals surface area contributed by atoms with Crippen LogP contribution in [0.1, 0.15) is 73.1 Å². The molecule has 0 saturated heterocycles. The van der Waals surface area contributed by atoms with Crippen molar-refractivity contribution in [1.82, 2.24) is 4.90 Å². The minimum Gasteiger partial charge on any atom is -0.306 e. The lowest BCUT2D eigenvalue weighted by atomic mass is 10.1. The van der Waals surface area contributed by atoms with Crippen molar-refractivity contribution in [2.75, 3.05) is 27.2 Å². The highest BCUT2D eigenvalue weighted by Gasteiger charge is 1.98. The SMILES string of the molecule is CCCCN(C)CCCC(C)C.CN=CCCC(C)C. The van der Waals surface area contributed by atoms with E-state index in [0.717, 1.165) is 18.3 Å². The van der Waals surface area contributed by atoms with Gasteiger partial charge in [-0.1, -0.05) is 41.0 Å². The third-order valence-corrected chi connectivity index (χ3v) is 3.27. The van der Waals surface area contributed by atoms with E-state index in [1.165, 1.54) is 45.2 Å². The molecule has 0 bridgehead atoms. The van der Waals surface area contributed by atoms with Gasteiger partial charge in [-0.15, -0.1) is 0 Å². The Kier molecular flexibility index (Phi) is 18.3. The standard InChI is InChI=1S/C11H25N.C7H15N/c1-5-6-9-12(4)10-7-8-11(2)3;1-7(2)5-4-6-8-3/h11H,5-10H2,1-4H3;6-7H,4-5H2,1-3H3. The fourth-order valence-corrected chi connectivity index (χ4v) is 1.85. The molecule has 0 radical (unpaired) electrons. The van der Waals surface area contributed by atoms with Crippen LogP contribution in [0.2, 0.25) is 0 Å². The highest BCUT2D eigenvalue weighted by Crippen LogP contribution is 2.04. The second-order valence-corrected chi connectivity index (χ2v) is 6.60. The van der Waals surface area contributed by atoms with Gasteiger partial charge in [0.25, 0.3) is 0 Å². The molecule has 0 fully saturated rings. The fourth-order valence-electron chi connectivity index (χ4n) is 1.85. The van der Waals surface area contributed by atoms with Crippen molar-refractivity contribution in [3.63, 3.8) is 0 Å². The molecule has 0 spiro atoms. The van der Waals surface area contributed by atoms with Gasteiger partial charge < -0.3 is 9.89 Å². The smallest absolute Gasteiger partial charge is 0.0273 e. The highest BCUT2D eigenvalue weighted by molar-refractivity contribution is 5.56. The first-order chi connectivity index (χ1) is 9.43. The second kappa shape index (κ2) is 16.7. The quantitative estimate of drug-likeness (QED) is 0.498. The number of unbranched alkanes of at least 4 members (excludes halogenated alkanes) is 1. The van der Waals surface area contributed by atoms with Crippen molar-refractivity contribution in [3.8, 4) is 0 Å². The second-order valence-electron chi connectivity index (χ2n) is 6.60. The average Bonchev–Trinajstić information content (AvgIpc) is 2.36. The third kappa shape index (κ3) is 22.8. The Morgan fingerprint density at radius 2 is 1.50 bits per heavy atom. The molecule has 0 aromatic rings. The van der Waals surface area contributed by atoms with Crippen LogP contribution in [0.4, 0.5) is 0 Å². The molecular formula is C18H40N2. The van der Waals surface area contributed by atoms with Gasteiger partial charge in [0.15, 0.2) is 0 Å². The molecule has 0 N–H and O–H groups in total. The van der Waals surface area contributed by atoms with E-state index in [-0.39, 0.29) is 0 Å². The van der Waals surface area contributed by atoms with Crippen LogP contribution in [0.25, 0.3) is 0 Å². The molecule has 0 rings (SSSR count). The summed E-state index contributed by atoms with van der Waals surface area (Å²) in [5, 5.41) is 0. The van der Waals surface area contributed by atoms with Gasteiger partial charge >= 0.3 is 0 Å². The lowest BCUT2D eigenvalue weighted by Gasteiger charge is -2.16. The van der Waals surface area contributed by atoms with E-state index in [0.29, 0.717) is 0 Å². The van der Waals surface area contributed by atoms with Crippen LogP contribution >= 0.6 is 0 Å². The van der Waals surface area contributed by atoms with E-state index in [1.54, 1.807) is 0 Å². The molecule has 0 atom stereocenters. The lowest BCUT2D eigenvalue weighted by Crippen LogP contribution is -2.21. The van der Waals surface area contributed by atoms with Gasteiger partial charge in [0.1, 0.15) is 0 Å². The van der Waals surface area contributed by atoms with Crippen LogP contribution in [-0.2, 0) is 0 Å². The molecular weight excluding hydrogens is 244 g/mol. The van der Waals surface area contributed by atoms with Crippen LogP contribution in [0.3, 0.4) is 0 Å². The maximum absolute atomic E-state index is 3.88. The number of aliphatic imine (C=N–C) groups is 1. The van der Waals surface area contributed by atoms with Crippen molar-refractivity contribution >= 4 is 6.21 Å². The Balaban J connectivity index is 0. The van der Waals surface area contributed by atoms with Gasteiger partial charge in [0, 0.05) is 7.05 Å². The Labute approximate surface area is 129 Å². The maximum Gasteiger partial charge on any atom is 0.0273 e. The Hall–Kier alpha value is -0.370. The molecule has 0 amide bonds. The van der Waals surface area contributed by atoms with Gasteiger partial charge in [-0.25, -0.2) is 0 Å². The minimum absolute atomic E-state index is 0.813. The Morgan fingerprint density at radius 3 is 1.95 bits per heavy atom.